The second kappa shape index (κ2) is 12.7. The van der Waals surface area contributed by atoms with Crippen LogP contribution in [0.25, 0.3) is 0 Å². The van der Waals surface area contributed by atoms with Crippen LogP contribution in [0.2, 0.25) is 0 Å². The van der Waals surface area contributed by atoms with Crippen molar-refractivity contribution < 1.29 is 28.3 Å². The van der Waals surface area contributed by atoms with Gasteiger partial charge < -0.3 is 29.4 Å². The summed E-state index contributed by atoms with van der Waals surface area (Å²) in [5.41, 5.74) is 0.526. The van der Waals surface area contributed by atoms with Crippen LogP contribution in [-0.4, -0.2) is 55.5 Å². The molecule has 0 radical (unpaired) electrons. The maximum Gasteiger partial charge on any atom is 0.287 e. The predicted molar refractivity (Wildman–Crippen MR) is 137 cm³/mol. The lowest BCUT2D eigenvalue weighted by Crippen LogP contribution is -2.51. The van der Waals surface area contributed by atoms with E-state index in [4.69, 9.17) is 13.9 Å². The van der Waals surface area contributed by atoms with Gasteiger partial charge in [0.2, 0.25) is 5.91 Å². The Morgan fingerprint density at radius 2 is 1.68 bits per heavy atom. The molecule has 2 aliphatic rings. The Morgan fingerprint density at radius 3 is 2.32 bits per heavy atom. The van der Waals surface area contributed by atoms with Crippen molar-refractivity contribution in [3.8, 4) is 11.5 Å². The zero-order valence-electron chi connectivity index (χ0n) is 21.7. The van der Waals surface area contributed by atoms with E-state index < -0.39 is 11.9 Å². The van der Waals surface area contributed by atoms with E-state index in [1.807, 2.05) is 0 Å². The summed E-state index contributed by atoms with van der Waals surface area (Å²) in [6.07, 6.45) is 10.4. The molecule has 3 amide bonds. The summed E-state index contributed by atoms with van der Waals surface area (Å²) in [7, 11) is 3.05. The first-order valence-corrected chi connectivity index (χ1v) is 13.2. The summed E-state index contributed by atoms with van der Waals surface area (Å²) in [6.45, 7) is -0.0413. The monoisotopic (exact) mass is 511 g/mol. The molecule has 37 heavy (non-hydrogen) atoms. The maximum absolute atomic E-state index is 14.1. The molecule has 200 valence electrons. The summed E-state index contributed by atoms with van der Waals surface area (Å²) in [6, 6.07) is 7.30. The van der Waals surface area contributed by atoms with Crippen molar-refractivity contribution >= 4 is 17.7 Å². The first kappa shape index (κ1) is 26.6. The molecule has 2 aromatic rings. The molecule has 4 rings (SSSR count). The van der Waals surface area contributed by atoms with E-state index in [0.29, 0.717) is 17.1 Å². The molecule has 1 atom stereocenters. The zero-order valence-corrected chi connectivity index (χ0v) is 21.7. The number of furan rings is 1. The van der Waals surface area contributed by atoms with Crippen LogP contribution in [0, 0.1) is 0 Å². The average Bonchev–Trinajstić information content (AvgIpc) is 3.65. The van der Waals surface area contributed by atoms with Gasteiger partial charge >= 0.3 is 0 Å². The standard InChI is InChI=1S/C28H37N3O6/c1-35-22-15-14-19(17-24(22)36-2)26(30-27(33)23-13-8-16-37-23)28(34)31(21-11-6-7-12-21)18-25(32)29-20-9-4-3-5-10-20/h8,13-17,20-21,26H,3-7,9-12,18H2,1-2H3,(H,29,32)(H,30,33)/t26-/m0/s1. The Hall–Kier alpha value is -3.49. The van der Waals surface area contributed by atoms with Crippen molar-refractivity contribution in [3.63, 3.8) is 0 Å². The van der Waals surface area contributed by atoms with Crippen molar-refractivity contribution in [1.29, 1.82) is 0 Å². The van der Waals surface area contributed by atoms with E-state index >= 15 is 0 Å². The zero-order chi connectivity index (χ0) is 26.2. The number of methoxy groups -OCH3 is 2. The van der Waals surface area contributed by atoms with Gasteiger partial charge in [0.1, 0.15) is 6.04 Å². The van der Waals surface area contributed by atoms with Gasteiger partial charge in [-0.05, 0) is 55.5 Å². The van der Waals surface area contributed by atoms with Crippen LogP contribution in [0.5, 0.6) is 11.5 Å². The fourth-order valence-electron chi connectivity index (χ4n) is 5.37. The number of amides is 3. The molecule has 2 N–H and O–H groups in total. The Balaban J connectivity index is 1.61. The number of carbonyl (C=O) groups excluding carboxylic acids is 3. The number of nitrogens with zero attached hydrogens (tertiary/aromatic N) is 1. The maximum atomic E-state index is 14.1. The van der Waals surface area contributed by atoms with Gasteiger partial charge in [-0.25, -0.2) is 0 Å². The summed E-state index contributed by atoms with van der Waals surface area (Å²) in [5.74, 6) is 0.0344. The number of carbonyl (C=O) groups is 3. The van der Waals surface area contributed by atoms with Gasteiger partial charge in [0.15, 0.2) is 17.3 Å². The first-order chi connectivity index (χ1) is 18.0. The Bertz CT molecular complexity index is 1060. The molecule has 0 saturated heterocycles. The third kappa shape index (κ3) is 6.64. The third-order valence-electron chi connectivity index (χ3n) is 7.34. The molecule has 1 aromatic heterocycles. The van der Waals surface area contributed by atoms with Crippen molar-refractivity contribution in [3.05, 3.63) is 47.9 Å². The highest BCUT2D eigenvalue weighted by Crippen LogP contribution is 2.32. The second-order valence-corrected chi connectivity index (χ2v) is 9.81. The smallest absolute Gasteiger partial charge is 0.287 e. The summed E-state index contributed by atoms with van der Waals surface area (Å²) in [5, 5.41) is 5.96. The van der Waals surface area contributed by atoms with E-state index in [1.165, 1.54) is 33.0 Å². The van der Waals surface area contributed by atoms with Crippen molar-refractivity contribution in [2.24, 2.45) is 0 Å². The fourth-order valence-corrected chi connectivity index (χ4v) is 5.37. The minimum atomic E-state index is -1.04. The number of benzene rings is 1. The molecule has 1 aromatic carbocycles. The first-order valence-electron chi connectivity index (χ1n) is 13.2. The lowest BCUT2D eigenvalue weighted by molar-refractivity contribution is -0.140. The number of ether oxygens (including phenoxy) is 2. The lowest BCUT2D eigenvalue weighted by Gasteiger charge is -2.33. The Morgan fingerprint density at radius 1 is 0.973 bits per heavy atom. The quantitative estimate of drug-likeness (QED) is 0.499. The van der Waals surface area contributed by atoms with Gasteiger partial charge in [-0.2, -0.15) is 0 Å². The Kier molecular flexibility index (Phi) is 9.09. The van der Waals surface area contributed by atoms with Gasteiger partial charge in [0.25, 0.3) is 11.8 Å². The van der Waals surface area contributed by atoms with Crippen LogP contribution in [-0.2, 0) is 9.59 Å². The van der Waals surface area contributed by atoms with Crippen molar-refractivity contribution in [2.45, 2.75) is 75.9 Å². The van der Waals surface area contributed by atoms with Crippen LogP contribution in [0.3, 0.4) is 0 Å². The minimum absolute atomic E-state index is 0.0413. The molecule has 9 nitrogen and oxygen atoms in total. The van der Waals surface area contributed by atoms with Crippen LogP contribution < -0.4 is 20.1 Å². The summed E-state index contributed by atoms with van der Waals surface area (Å²) < 4.78 is 16.1. The summed E-state index contributed by atoms with van der Waals surface area (Å²) in [4.78, 5) is 41.9. The number of hydrogen-bond acceptors (Lipinski definition) is 6. The molecular weight excluding hydrogens is 474 g/mol. The number of nitrogens with one attached hydrogen (secondary N) is 2. The van der Waals surface area contributed by atoms with Crippen LogP contribution >= 0.6 is 0 Å². The highest BCUT2D eigenvalue weighted by molar-refractivity contribution is 5.97. The number of rotatable bonds is 10. The molecule has 0 aliphatic heterocycles. The van der Waals surface area contributed by atoms with Crippen LogP contribution in [0.15, 0.2) is 41.0 Å². The van der Waals surface area contributed by atoms with Gasteiger partial charge in [-0.3, -0.25) is 14.4 Å². The van der Waals surface area contributed by atoms with E-state index in [2.05, 4.69) is 10.6 Å². The topological polar surface area (TPSA) is 110 Å². The predicted octanol–water partition coefficient (Wildman–Crippen LogP) is 3.99. The molecule has 2 saturated carbocycles. The minimum Gasteiger partial charge on any atom is -0.493 e. The van der Waals surface area contributed by atoms with Crippen molar-refractivity contribution in [2.75, 3.05) is 20.8 Å². The largest absolute Gasteiger partial charge is 0.493 e. The van der Waals surface area contributed by atoms with Gasteiger partial charge in [-0.1, -0.05) is 38.2 Å². The van der Waals surface area contributed by atoms with E-state index in [1.54, 1.807) is 29.2 Å². The third-order valence-corrected chi connectivity index (χ3v) is 7.34. The van der Waals surface area contributed by atoms with Crippen LogP contribution in [0.4, 0.5) is 0 Å². The molecule has 0 unspecified atom stereocenters. The van der Waals surface area contributed by atoms with Gasteiger partial charge in [-0.15, -0.1) is 0 Å². The highest BCUT2D eigenvalue weighted by atomic mass is 16.5. The molecule has 0 spiro atoms. The molecular formula is C28H37N3O6. The van der Waals surface area contributed by atoms with E-state index in [-0.39, 0.29) is 36.2 Å². The molecule has 2 aliphatic carbocycles. The van der Waals surface area contributed by atoms with E-state index in [0.717, 1.165) is 51.4 Å². The second-order valence-electron chi connectivity index (χ2n) is 9.81. The van der Waals surface area contributed by atoms with Crippen LogP contribution in [0.1, 0.15) is 79.9 Å². The molecule has 2 fully saturated rings. The SMILES string of the molecule is COc1ccc([C@H](NC(=O)c2ccco2)C(=O)N(CC(=O)NC2CCCCC2)C2CCCC2)cc1OC. The normalized spacial score (nSPS) is 17.1. The average molecular weight is 512 g/mol. The van der Waals surface area contributed by atoms with Gasteiger partial charge in [0.05, 0.1) is 27.0 Å². The number of hydrogen-bond donors (Lipinski definition) is 2. The van der Waals surface area contributed by atoms with Gasteiger partial charge in [0, 0.05) is 12.1 Å². The molecule has 0 bridgehead atoms. The molecule has 9 heteroatoms. The lowest BCUT2D eigenvalue weighted by atomic mass is 9.95. The highest BCUT2D eigenvalue weighted by Gasteiger charge is 2.35. The summed E-state index contributed by atoms with van der Waals surface area (Å²) >= 11 is 0. The molecule has 1 heterocycles. The Labute approximate surface area is 217 Å². The van der Waals surface area contributed by atoms with E-state index in [9.17, 15) is 14.4 Å². The van der Waals surface area contributed by atoms with Crippen molar-refractivity contribution in [1.82, 2.24) is 15.5 Å². The fraction of sp³-hybridized carbons (Fsp3) is 0.536.